The summed E-state index contributed by atoms with van der Waals surface area (Å²) >= 11 is 1.72. The van der Waals surface area contributed by atoms with Gasteiger partial charge < -0.3 is 10.2 Å². The topological polar surface area (TPSA) is 35.6 Å². The van der Waals surface area contributed by atoms with Crippen LogP contribution in [-0.2, 0) is 4.79 Å². The van der Waals surface area contributed by atoms with Crippen LogP contribution in [-0.4, -0.2) is 55.8 Å². The lowest BCUT2D eigenvalue weighted by atomic mass is 10.1. The first kappa shape index (κ1) is 20.9. The zero-order valence-electron chi connectivity index (χ0n) is 17.1. The maximum atomic E-state index is 13.9. The minimum atomic E-state index is -0.142. The molecule has 1 fully saturated rings. The molecule has 158 valence electrons. The van der Waals surface area contributed by atoms with Crippen molar-refractivity contribution < 1.29 is 9.18 Å². The van der Waals surface area contributed by atoms with Crippen LogP contribution in [0.1, 0.15) is 18.4 Å². The number of carbonyl (C=O) groups is 1. The van der Waals surface area contributed by atoms with Crippen LogP contribution in [0.5, 0.6) is 0 Å². The standard InChI is InChI=1S/C24H28FN3OS/c25-21-8-2-3-9-22(21)28-15-13-27(14-16-28)12-6-5-11-26-24(29)20-17-19-7-1-4-10-23(19)30-18-20/h1-4,7-10,17H,5-6,11-16,18H2,(H,26,29). The van der Waals surface area contributed by atoms with Crippen molar-refractivity contribution in [3.63, 3.8) is 0 Å². The normalized spacial score (nSPS) is 16.7. The molecule has 30 heavy (non-hydrogen) atoms. The van der Waals surface area contributed by atoms with Gasteiger partial charge in [0, 0.05) is 48.9 Å². The molecule has 0 atom stereocenters. The first-order valence-electron chi connectivity index (χ1n) is 10.6. The highest BCUT2D eigenvalue weighted by Gasteiger charge is 2.19. The van der Waals surface area contributed by atoms with E-state index >= 15 is 0 Å². The zero-order valence-corrected chi connectivity index (χ0v) is 18.0. The minimum Gasteiger partial charge on any atom is -0.367 e. The molecule has 1 amide bonds. The quantitative estimate of drug-likeness (QED) is 0.680. The van der Waals surface area contributed by atoms with Crippen molar-refractivity contribution in [1.29, 1.82) is 0 Å². The Morgan fingerprint density at radius 3 is 2.60 bits per heavy atom. The molecule has 0 aromatic heterocycles. The summed E-state index contributed by atoms with van der Waals surface area (Å²) in [6.07, 6.45) is 4.03. The summed E-state index contributed by atoms with van der Waals surface area (Å²) in [6, 6.07) is 15.2. The Morgan fingerprint density at radius 2 is 1.77 bits per heavy atom. The lowest BCUT2D eigenvalue weighted by molar-refractivity contribution is -0.117. The number of unbranched alkanes of at least 4 members (excludes halogenated alkanes) is 1. The van der Waals surface area contributed by atoms with Crippen LogP contribution in [0.4, 0.5) is 10.1 Å². The van der Waals surface area contributed by atoms with Crippen molar-refractivity contribution in [2.45, 2.75) is 17.7 Å². The monoisotopic (exact) mass is 425 g/mol. The van der Waals surface area contributed by atoms with E-state index in [0.29, 0.717) is 12.2 Å². The van der Waals surface area contributed by atoms with Gasteiger partial charge in [0.2, 0.25) is 5.91 Å². The molecule has 0 radical (unpaired) electrons. The molecular formula is C24H28FN3OS. The number of carbonyl (C=O) groups excluding carboxylic acids is 1. The summed E-state index contributed by atoms with van der Waals surface area (Å²) in [4.78, 5) is 18.2. The Morgan fingerprint density at radius 1 is 1.00 bits per heavy atom. The van der Waals surface area contributed by atoms with Gasteiger partial charge in [-0.1, -0.05) is 30.3 Å². The van der Waals surface area contributed by atoms with Gasteiger partial charge in [0.1, 0.15) is 5.82 Å². The second kappa shape index (κ2) is 10.1. The van der Waals surface area contributed by atoms with Crippen molar-refractivity contribution in [3.8, 4) is 0 Å². The number of hydrogen-bond acceptors (Lipinski definition) is 4. The molecule has 2 aromatic carbocycles. The Labute approximate surface area is 182 Å². The van der Waals surface area contributed by atoms with E-state index in [2.05, 4.69) is 27.2 Å². The van der Waals surface area contributed by atoms with E-state index in [1.54, 1.807) is 17.8 Å². The highest BCUT2D eigenvalue weighted by molar-refractivity contribution is 7.99. The molecule has 0 aliphatic carbocycles. The smallest absolute Gasteiger partial charge is 0.248 e. The highest BCUT2D eigenvalue weighted by atomic mass is 32.2. The number of fused-ring (bicyclic) bond motifs is 1. The maximum absolute atomic E-state index is 13.9. The van der Waals surface area contributed by atoms with Crippen LogP contribution < -0.4 is 10.2 Å². The Bertz CT molecular complexity index is 909. The molecule has 2 heterocycles. The Hall–Kier alpha value is -2.31. The molecule has 0 saturated carbocycles. The number of anilines is 1. The van der Waals surface area contributed by atoms with Gasteiger partial charge >= 0.3 is 0 Å². The summed E-state index contributed by atoms with van der Waals surface area (Å²) < 4.78 is 13.9. The zero-order chi connectivity index (χ0) is 20.8. The predicted octanol–water partition coefficient (Wildman–Crippen LogP) is 4.03. The van der Waals surface area contributed by atoms with E-state index in [4.69, 9.17) is 0 Å². The third kappa shape index (κ3) is 5.24. The molecule has 2 aliphatic rings. The number of piperazine rings is 1. The van der Waals surface area contributed by atoms with Gasteiger partial charge in [-0.15, -0.1) is 11.8 Å². The van der Waals surface area contributed by atoms with Gasteiger partial charge in [0.05, 0.1) is 5.69 Å². The van der Waals surface area contributed by atoms with Crippen molar-refractivity contribution in [2.24, 2.45) is 0 Å². The van der Waals surface area contributed by atoms with Crippen LogP contribution in [0, 0.1) is 5.82 Å². The average Bonchev–Trinajstić information content (AvgIpc) is 2.79. The number of hydrogen-bond donors (Lipinski definition) is 1. The van der Waals surface area contributed by atoms with Gasteiger partial charge in [-0.05, 0) is 49.2 Å². The summed E-state index contributed by atoms with van der Waals surface area (Å²) in [6.45, 7) is 5.33. The lowest BCUT2D eigenvalue weighted by Crippen LogP contribution is -2.47. The molecule has 1 N–H and O–H groups in total. The molecule has 6 heteroatoms. The van der Waals surface area contributed by atoms with Crippen LogP contribution in [0.2, 0.25) is 0 Å². The second-order valence-corrected chi connectivity index (χ2v) is 8.76. The van der Waals surface area contributed by atoms with Gasteiger partial charge in [0.15, 0.2) is 0 Å². The van der Waals surface area contributed by atoms with Crippen LogP contribution in [0.15, 0.2) is 59.0 Å². The predicted molar refractivity (Wildman–Crippen MR) is 122 cm³/mol. The van der Waals surface area contributed by atoms with Gasteiger partial charge in [-0.2, -0.15) is 0 Å². The van der Waals surface area contributed by atoms with Crippen molar-refractivity contribution in [3.05, 3.63) is 65.5 Å². The molecule has 0 spiro atoms. The van der Waals surface area contributed by atoms with Gasteiger partial charge in [-0.25, -0.2) is 4.39 Å². The SMILES string of the molecule is O=C(NCCCCN1CCN(c2ccccc2F)CC1)C1=Cc2ccccc2SC1. The molecule has 4 rings (SSSR count). The fourth-order valence-electron chi connectivity index (χ4n) is 3.94. The van der Waals surface area contributed by atoms with Gasteiger partial charge in [0.25, 0.3) is 0 Å². The first-order chi connectivity index (χ1) is 14.7. The van der Waals surface area contributed by atoms with E-state index in [-0.39, 0.29) is 11.7 Å². The molecule has 1 saturated heterocycles. The number of rotatable bonds is 7. The molecule has 0 unspecified atom stereocenters. The van der Waals surface area contributed by atoms with E-state index < -0.39 is 0 Å². The third-order valence-corrected chi connectivity index (χ3v) is 6.81. The average molecular weight is 426 g/mol. The number of thioether (sulfide) groups is 1. The van der Waals surface area contributed by atoms with Crippen molar-refractivity contribution in [1.82, 2.24) is 10.2 Å². The molecule has 2 aromatic rings. The molecular weight excluding hydrogens is 397 g/mol. The fraction of sp³-hybridized carbons (Fsp3) is 0.375. The third-order valence-electron chi connectivity index (χ3n) is 5.68. The molecule has 4 nitrogen and oxygen atoms in total. The fourth-order valence-corrected chi connectivity index (χ4v) is 4.94. The molecule has 0 bridgehead atoms. The molecule has 2 aliphatic heterocycles. The van der Waals surface area contributed by atoms with E-state index in [1.807, 2.05) is 30.3 Å². The summed E-state index contributed by atoms with van der Waals surface area (Å²) in [7, 11) is 0. The first-order valence-corrected chi connectivity index (χ1v) is 11.6. The number of nitrogens with zero attached hydrogens (tertiary/aromatic N) is 2. The number of para-hydroxylation sites is 1. The number of benzene rings is 2. The van der Waals surface area contributed by atoms with E-state index in [0.717, 1.165) is 62.5 Å². The highest BCUT2D eigenvalue weighted by Crippen LogP contribution is 2.31. The van der Waals surface area contributed by atoms with Crippen molar-refractivity contribution in [2.75, 3.05) is 49.9 Å². The van der Waals surface area contributed by atoms with E-state index in [1.165, 1.54) is 11.0 Å². The number of halogens is 1. The van der Waals surface area contributed by atoms with Crippen LogP contribution in [0.3, 0.4) is 0 Å². The summed E-state index contributed by atoms with van der Waals surface area (Å²) in [5, 5.41) is 3.07. The van der Waals surface area contributed by atoms with E-state index in [9.17, 15) is 9.18 Å². The lowest BCUT2D eigenvalue weighted by Gasteiger charge is -2.36. The van der Waals surface area contributed by atoms with Crippen molar-refractivity contribution >= 4 is 29.4 Å². The largest absolute Gasteiger partial charge is 0.367 e. The summed E-state index contributed by atoms with van der Waals surface area (Å²) in [5.41, 5.74) is 2.69. The van der Waals surface area contributed by atoms with Gasteiger partial charge in [-0.3, -0.25) is 9.69 Å². The minimum absolute atomic E-state index is 0.0514. The Kier molecular flexibility index (Phi) is 7.07. The van der Waals surface area contributed by atoms with Crippen LogP contribution >= 0.6 is 11.8 Å². The van der Waals surface area contributed by atoms with Crippen LogP contribution in [0.25, 0.3) is 6.08 Å². The number of nitrogens with one attached hydrogen (secondary N) is 1. The maximum Gasteiger partial charge on any atom is 0.248 e. The number of amides is 1. The Balaban J connectivity index is 1.13. The second-order valence-electron chi connectivity index (χ2n) is 7.74. The summed E-state index contributed by atoms with van der Waals surface area (Å²) in [5.74, 6) is 0.641.